The average Bonchev–Trinajstić information content (AvgIpc) is 3.04. The molecule has 1 N–H and O–H groups in total. The fourth-order valence-corrected chi connectivity index (χ4v) is 2.00. The Bertz CT molecular complexity index is 727. The maximum atomic E-state index is 12.0. The average molecular weight is 255 g/mol. The molecule has 3 aromatic heterocycles. The Morgan fingerprint density at radius 2 is 2.21 bits per heavy atom. The van der Waals surface area contributed by atoms with Crippen molar-refractivity contribution in [3.05, 3.63) is 54.4 Å². The molecule has 6 heteroatoms. The van der Waals surface area contributed by atoms with E-state index >= 15 is 0 Å². The van der Waals surface area contributed by atoms with Crippen LogP contribution in [0.15, 0.2) is 43.0 Å². The molecule has 3 heterocycles. The number of aromatic nitrogens is 4. The van der Waals surface area contributed by atoms with Gasteiger partial charge in [-0.05, 0) is 17.7 Å². The highest BCUT2D eigenvalue weighted by Gasteiger charge is 2.10. The van der Waals surface area contributed by atoms with Gasteiger partial charge < -0.3 is 9.88 Å². The Kier molecular flexibility index (Phi) is 2.75. The highest BCUT2D eigenvalue weighted by atomic mass is 16.2. The van der Waals surface area contributed by atoms with Gasteiger partial charge in [-0.1, -0.05) is 6.07 Å². The van der Waals surface area contributed by atoms with Crippen molar-refractivity contribution in [3.8, 4) is 0 Å². The summed E-state index contributed by atoms with van der Waals surface area (Å²) >= 11 is 0. The monoisotopic (exact) mass is 255 g/mol. The molecule has 1 amide bonds. The Labute approximate surface area is 109 Å². The van der Waals surface area contributed by atoms with Crippen molar-refractivity contribution in [2.45, 2.75) is 6.54 Å². The molecule has 0 unspecified atom stereocenters. The first kappa shape index (κ1) is 11.5. The van der Waals surface area contributed by atoms with E-state index in [9.17, 15) is 4.79 Å². The smallest absolute Gasteiger partial charge is 0.287 e. The van der Waals surface area contributed by atoms with Gasteiger partial charge in [-0.2, -0.15) is 5.10 Å². The third-order valence-corrected chi connectivity index (χ3v) is 2.99. The van der Waals surface area contributed by atoms with E-state index in [0.717, 1.165) is 11.1 Å². The Morgan fingerprint density at radius 1 is 1.32 bits per heavy atom. The summed E-state index contributed by atoms with van der Waals surface area (Å²) in [5.41, 5.74) is 2.00. The Hall–Kier alpha value is -2.63. The summed E-state index contributed by atoms with van der Waals surface area (Å²) < 4.78 is 3.47. The zero-order chi connectivity index (χ0) is 13.2. The van der Waals surface area contributed by atoms with Crippen LogP contribution in [-0.4, -0.2) is 25.1 Å². The first-order valence-corrected chi connectivity index (χ1v) is 5.92. The van der Waals surface area contributed by atoms with Gasteiger partial charge in [-0.25, -0.2) is 9.50 Å². The van der Waals surface area contributed by atoms with Gasteiger partial charge in [0.2, 0.25) is 0 Å². The number of nitrogens with one attached hydrogen (secondary N) is 1. The van der Waals surface area contributed by atoms with Crippen LogP contribution in [0.25, 0.3) is 5.52 Å². The third-order valence-electron chi connectivity index (χ3n) is 2.99. The quantitative estimate of drug-likeness (QED) is 0.759. The van der Waals surface area contributed by atoms with Crippen LogP contribution in [0.4, 0.5) is 0 Å². The number of amides is 1. The van der Waals surface area contributed by atoms with Crippen LogP contribution in [0.1, 0.15) is 16.2 Å². The van der Waals surface area contributed by atoms with Crippen LogP contribution in [0.3, 0.4) is 0 Å². The molecule has 96 valence electrons. The summed E-state index contributed by atoms with van der Waals surface area (Å²) in [7, 11) is 1.79. The second kappa shape index (κ2) is 4.56. The number of hydrogen-bond acceptors (Lipinski definition) is 3. The van der Waals surface area contributed by atoms with Crippen molar-refractivity contribution in [2.24, 2.45) is 7.05 Å². The van der Waals surface area contributed by atoms with Gasteiger partial charge in [0.05, 0.1) is 5.52 Å². The second-order valence-electron chi connectivity index (χ2n) is 4.24. The summed E-state index contributed by atoms with van der Waals surface area (Å²) in [6.07, 6.45) is 6.96. The molecule has 0 aromatic carbocycles. The van der Waals surface area contributed by atoms with Gasteiger partial charge in [0.25, 0.3) is 5.91 Å². The van der Waals surface area contributed by atoms with Gasteiger partial charge in [0.1, 0.15) is 0 Å². The largest absolute Gasteiger partial charge is 0.345 e. The van der Waals surface area contributed by atoms with Crippen molar-refractivity contribution in [2.75, 3.05) is 0 Å². The summed E-state index contributed by atoms with van der Waals surface area (Å²) in [6.45, 7) is 0.446. The van der Waals surface area contributed by atoms with Gasteiger partial charge >= 0.3 is 0 Å². The molecule has 3 rings (SSSR count). The molecule has 0 bridgehead atoms. The van der Waals surface area contributed by atoms with Crippen LogP contribution in [0, 0.1) is 0 Å². The predicted octanol–water partition coefficient (Wildman–Crippen LogP) is 0.998. The first-order chi connectivity index (χ1) is 9.25. The fourth-order valence-electron chi connectivity index (χ4n) is 2.00. The van der Waals surface area contributed by atoms with Gasteiger partial charge in [0.15, 0.2) is 5.82 Å². The Balaban J connectivity index is 1.78. The lowest BCUT2D eigenvalue weighted by atomic mass is 10.2. The van der Waals surface area contributed by atoms with E-state index in [-0.39, 0.29) is 5.91 Å². The minimum Gasteiger partial charge on any atom is -0.345 e. The maximum Gasteiger partial charge on any atom is 0.287 e. The minimum atomic E-state index is -0.186. The first-order valence-electron chi connectivity index (χ1n) is 5.92. The van der Waals surface area contributed by atoms with Gasteiger partial charge in [-0.15, -0.1) is 0 Å². The lowest BCUT2D eigenvalue weighted by Crippen LogP contribution is -2.25. The van der Waals surface area contributed by atoms with E-state index in [0.29, 0.717) is 12.4 Å². The number of aryl methyl sites for hydroxylation is 1. The molecule has 0 atom stereocenters. The number of nitrogens with zero attached hydrogens (tertiary/aromatic N) is 4. The highest BCUT2D eigenvalue weighted by molar-refractivity contribution is 5.90. The molecule has 0 saturated heterocycles. The fraction of sp³-hybridized carbons (Fsp3) is 0.154. The topological polar surface area (TPSA) is 64.2 Å². The standard InChI is InChI=1S/C13H13N5O/c1-17-8-6-14-12(17)13(19)15-9-10-3-2-7-18-11(10)4-5-16-18/h2-8H,9H2,1H3,(H,15,19). The molecule has 0 radical (unpaired) electrons. The van der Waals surface area contributed by atoms with Crippen LogP contribution in [0.5, 0.6) is 0 Å². The van der Waals surface area contributed by atoms with Crippen LogP contribution >= 0.6 is 0 Å². The number of rotatable bonds is 3. The minimum absolute atomic E-state index is 0.186. The summed E-state index contributed by atoms with van der Waals surface area (Å²) in [5.74, 6) is 0.217. The molecule has 0 aliphatic carbocycles. The zero-order valence-corrected chi connectivity index (χ0v) is 10.4. The van der Waals surface area contributed by atoms with E-state index in [1.54, 1.807) is 34.7 Å². The molecular formula is C13H13N5O. The Morgan fingerprint density at radius 3 is 3.00 bits per heavy atom. The zero-order valence-electron chi connectivity index (χ0n) is 10.4. The molecule has 0 spiro atoms. The molecule has 0 saturated carbocycles. The number of pyridine rings is 1. The second-order valence-corrected chi connectivity index (χ2v) is 4.24. The normalized spacial score (nSPS) is 10.8. The number of fused-ring (bicyclic) bond motifs is 1. The van der Waals surface area contributed by atoms with Crippen molar-refractivity contribution in [1.82, 2.24) is 24.5 Å². The van der Waals surface area contributed by atoms with Crippen molar-refractivity contribution < 1.29 is 4.79 Å². The van der Waals surface area contributed by atoms with Crippen molar-refractivity contribution in [3.63, 3.8) is 0 Å². The lowest BCUT2D eigenvalue weighted by molar-refractivity contribution is 0.0937. The van der Waals surface area contributed by atoms with E-state index in [4.69, 9.17) is 0 Å². The maximum absolute atomic E-state index is 12.0. The number of carbonyl (C=O) groups excluding carboxylic acids is 1. The van der Waals surface area contributed by atoms with Crippen molar-refractivity contribution in [1.29, 1.82) is 0 Å². The third kappa shape index (κ3) is 2.08. The molecular weight excluding hydrogens is 242 g/mol. The molecule has 0 aliphatic rings. The number of imidazole rings is 1. The van der Waals surface area contributed by atoms with Crippen LogP contribution < -0.4 is 5.32 Å². The summed E-state index contributed by atoms with van der Waals surface area (Å²) in [5, 5.41) is 7.02. The molecule has 3 aromatic rings. The van der Waals surface area contributed by atoms with E-state index in [1.165, 1.54) is 0 Å². The summed E-state index contributed by atoms with van der Waals surface area (Å²) in [4.78, 5) is 16.0. The number of hydrogen-bond donors (Lipinski definition) is 1. The van der Waals surface area contributed by atoms with Crippen molar-refractivity contribution >= 4 is 11.4 Å². The predicted molar refractivity (Wildman–Crippen MR) is 69.6 cm³/mol. The van der Waals surface area contributed by atoms with E-state index < -0.39 is 0 Å². The molecule has 0 fully saturated rings. The molecule has 0 aliphatic heterocycles. The van der Waals surface area contributed by atoms with E-state index in [2.05, 4.69) is 15.4 Å². The number of carbonyl (C=O) groups is 1. The SMILES string of the molecule is Cn1ccnc1C(=O)NCc1cccn2nccc12. The van der Waals surface area contributed by atoms with Gasteiger partial charge in [-0.3, -0.25) is 4.79 Å². The molecule has 6 nitrogen and oxygen atoms in total. The summed E-state index contributed by atoms with van der Waals surface area (Å²) in [6, 6.07) is 5.79. The van der Waals surface area contributed by atoms with E-state index in [1.807, 2.05) is 24.4 Å². The highest BCUT2D eigenvalue weighted by Crippen LogP contribution is 2.09. The van der Waals surface area contributed by atoms with Crippen LogP contribution in [-0.2, 0) is 13.6 Å². The lowest BCUT2D eigenvalue weighted by Gasteiger charge is -2.06. The van der Waals surface area contributed by atoms with Gasteiger partial charge in [0, 0.05) is 38.4 Å². The van der Waals surface area contributed by atoms with Crippen LogP contribution in [0.2, 0.25) is 0 Å². The molecule has 19 heavy (non-hydrogen) atoms.